The molecule has 8 amide bonds. The van der Waals surface area contributed by atoms with E-state index in [0.717, 1.165) is 71.6 Å². The van der Waals surface area contributed by atoms with Crippen LogP contribution in [0, 0.1) is 36.5 Å². The molecule has 702 valence electrons. The lowest BCUT2D eigenvalue weighted by Gasteiger charge is -2.24. The first-order valence-electron chi connectivity index (χ1n) is 42.7. The molecule has 4 aromatic heterocycles. The minimum atomic E-state index is -1.60. The summed E-state index contributed by atoms with van der Waals surface area (Å²) in [4.78, 5) is 244. The van der Waals surface area contributed by atoms with Crippen LogP contribution in [0.3, 0.4) is 0 Å². The summed E-state index contributed by atoms with van der Waals surface area (Å²) in [6.45, 7) is 9.75. The zero-order valence-electron chi connectivity index (χ0n) is 73.6. The number of imide groups is 1. The van der Waals surface area contributed by atoms with Crippen LogP contribution in [0.15, 0.2) is 124 Å². The van der Waals surface area contributed by atoms with Gasteiger partial charge in [0.05, 0.1) is 54.8 Å². The van der Waals surface area contributed by atoms with Gasteiger partial charge in [-0.2, -0.15) is 21.8 Å². The van der Waals surface area contributed by atoms with E-state index in [1.807, 2.05) is 55.1 Å². The normalized spacial score (nSPS) is 14.9. The second-order valence-corrected chi connectivity index (χ2v) is 34.2. The fourth-order valence-electron chi connectivity index (χ4n) is 15.5. The van der Waals surface area contributed by atoms with E-state index in [1.54, 1.807) is 44.4 Å². The summed E-state index contributed by atoms with van der Waals surface area (Å²) < 4.78 is 0. The summed E-state index contributed by atoms with van der Waals surface area (Å²) >= 11 is 7.56. The number of aliphatic imine (C=N–C) groups is 1. The standard InChI is InChI=1S/C52H54ClN7O7.C39H50N12O14S/c1-28(2)40(25-37(61)13-10-31(5)57-58-47(63)16-17-59-48(64)19-30(4)51(59)66)50(65)54-36-12-15-42-34(22-36)23-43(55-42)46(62)21-32-11-14-41-33(20-32)24-44(56-41)52(67)60-27-35(26-53)49-39-9-7-6-8-38(39)29(3)18-45(49)60;1-66-17-26(37(64)65)49-34(60)20(14-29(56)57)12-27(53)24(3-2-10-43-38(40)41)47-33(59)19(13-28(54)55)11-23(52)8-9-25(36(62)63)48-32(58)18-4-6-21(7-5-18)44-15-22-16-45-31-30(46-22)35(61)51-39(42)50-31/h6-9,11-12,14-15,18,20,22-24,28,30,35,40,55-56H,10,13,16-17,19,21,25-27H2,1-5H3,(H,54,65)(H,58,63);4-7,16,19-20,24-26,44H,2-3,8-15,17H2,1H3,(H,47,59)(H,48,58)(H,49,60)(H,54,55)(H,56,57)(H,62,63)(H,64,65)(H4,40,41,43)(H3,42,45,50,51,61)/b57-31-;/t30?,35?,40-;19-,20-,24-,25-,26-/m00/s1. The van der Waals surface area contributed by atoms with Crippen LogP contribution in [0.5, 0.6) is 0 Å². The third-order valence-electron chi connectivity index (χ3n) is 22.6. The van der Waals surface area contributed by atoms with Crippen LogP contribution in [0.25, 0.3) is 43.7 Å². The summed E-state index contributed by atoms with van der Waals surface area (Å²) in [5.41, 5.74) is 26.4. The van der Waals surface area contributed by atoms with Crippen LogP contribution in [0.1, 0.15) is 171 Å². The van der Waals surface area contributed by atoms with Crippen molar-refractivity contribution in [2.24, 2.45) is 51.2 Å². The van der Waals surface area contributed by atoms with Crippen molar-refractivity contribution < 1.29 is 97.1 Å². The number of anilines is 4. The van der Waals surface area contributed by atoms with Crippen molar-refractivity contribution >= 4 is 196 Å². The number of alkyl halides is 1. The number of nitrogens with zero attached hydrogens (tertiary/aromatic N) is 7. The third-order valence-corrected chi connectivity index (χ3v) is 23.6. The molecule has 1 fully saturated rings. The fraction of sp³-hybridized carbons (Fsp3) is 0.385. The number of aryl methyl sites for hydroxylation is 1. The Morgan fingerprint density at radius 1 is 0.684 bits per heavy atom. The van der Waals surface area contributed by atoms with Gasteiger partial charge in [0.25, 0.3) is 17.4 Å². The second kappa shape index (κ2) is 46.2. The van der Waals surface area contributed by atoms with E-state index in [2.05, 4.69) is 97.1 Å². The molecule has 42 heteroatoms. The number of carbonyl (C=O) groups excluding carboxylic acids is 12. The second-order valence-electron chi connectivity index (χ2n) is 33.0. The number of aliphatic carboxylic acids is 4. The lowest BCUT2D eigenvalue weighted by atomic mass is 9.88. The molecule has 133 heavy (non-hydrogen) atoms. The number of nitrogens with one attached hydrogen (secondary N) is 9. The predicted octanol–water partition coefficient (Wildman–Crippen LogP) is 7.19. The van der Waals surface area contributed by atoms with Gasteiger partial charge in [-0.1, -0.05) is 51.1 Å². The van der Waals surface area contributed by atoms with Crippen LogP contribution in [0.4, 0.5) is 23.0 Å². The number of guanidine groups is 1. The van der Waals surface area contributed by atoms with Crippen LogP contribution in [-0.2, 0) is 75.3 Å². The van der Waals surface area contributed by atoms with Gasteiger partial charge in [-0.25, -0.2) is 25.0 Å². The number of nitrogen functional groups attached to an aromatic ring is 1. The van der Waals surface area contributed by atoms with Gasteiger partial charge in [0.15, 0.2) is 28.7 Å². The molecule has 19 N–H and O–H groups in total. The SMILES string of the molecule is C/C(CCC(=O)C[C@H](C(=O)Nc1ccc2[nH]c(C(=O)Cc3ccc4[nH]c(C(=O)N5CC(CCl)c6c5cc(C)c5ccccc65)cc4c3)cc2c1)C(C)C)=N/NC(=O)CCN1C(=O)CC(C)C1=O.CSC[C@H](NC(=O)[C@H](CC(=O)O)CC(=O)[C@H](CCCN=C(N)N)NC(=O)[C@H](CC(=O)O)CC(=O)CC[C@H](NC(=O)c1ccc(NCc2cnc3nc(N)[nH]c(=O)c3n2)cc1)C(=O)O)C(=O)O. The number of carboxylic acid groups (broad SMARTS) is 4. The predicted molar refractivity (Wildman–Crippen MR) is 495 cm³/mol. The molecule has 0 aliphatic carbocycles. The number of Topliss-reactive ketones (excluding diaryl/α,β-unsaturated/α-hetero) is 4. The van der Waals surface area contributed by atoms with Crippen molar-refractivity contribution in [3.8, 4) is 0 Å². The molecule has 9 aromatic rings. The van der Waals surface area contributed by atoms with Crippen molar-refractivity contribution in [2.45, 2.75) is 155 Å². The number of nitrogens with two attached hydrogens (primary N) is 3. The Balaban J connectivity index is 0.000000276. The highest BCUT2D eigenvalue weighted by molar-refractivity contribution is 7.98. The average molecular weight is 1870 g/mol. The minimum Gasteiger partial charge on any atom is -0.481 e. The van der Waals surface area contributed by atoms with Gasteiger partial charge in [0.2, 0.25) is 41.4 Å². The monoisotopic (exact) mass is 1870 g/mol. The minimum absolute atomic E-state index is 0.00855. The first-order valence-corrected chi connectivity index (χ1v) is 44.6. The van der Waals surface area contributed by atoms with E-state index in [0.29, 0.717) is 46.6 Å². The Labute approximate surface area is 769 Å². The van der Waals surface area contributed by atoms with Gasteiger partial charge in [-0.3, -0.25) is 86.8 Å². The number of hydrogen-bond donors (Lipinski definition) is 16. The van der Waals surface area contributed by atoms with Crippen LogP contribution < -0.4 is 59.7 Å². The molecule has 2 aliphatic rings. The van der Waals surface area contributed by atoms with Gasteiger partial charge in [0.1, 0.15) is 29.3 Å². The summed E-state index contributed by atoms with van der Waals surface area (Å²) in [5.74, 6) is -16.5. The number of amides is 8. The number of thioether (sulfide) groups is 1. The third kappa shape index (κ3) is 27.5. The molecule has 0 radical (unpaired) electrons. The Bertz CT molecular complexity index is 6130. The van der Waals surface area contributed by atoms with Gasteiger partial charge < -0.3 is 79.1 Å². The van der Waals surface area contributed by atoms with Crippen molar-refractivity contribution in [1.29, 1.82) is 0 Å². The first-order chi connectivity index (χ1) is 63.2. The molecule has 40 nitrogen and oxygen atoms in total. The number of aromatic nitrogens is 6. The van der Waals surface area contributed by atoms with E-state index < -0.39 is 139 Å². The van der Waals surface area contributed by atoms with Crippen LogP contribution >= 0.6 is 23.4 Å². The van der Waals surface area contributed by atoms with Crippen LogP contribution in [0.2, 0.25) is 0 Å². The Hall–Kier alpha value is -14.6. The maximum Gasteiger partial charge on any atom is 0.327 e. The van der Waals surface area contributed by atoms with Gasteiger partial charge in [-0.15, -0.1) is 11.6 Å². The summed E-state index contributed by atoms with van der Waals surface area (Å²) in [6, 6.07) is 26.3. The number of ketones is 4. The molecular formula is C91H104ClN19O21S. The highest BCUT2D eigenvalue weighted by Crippen LogP contribution is 2.44. The maximum absolute atomic E-state index is 14.1. The van der Waals surface area contributed by atoms with E-state index in [1.165, 1.54) is 30.5 Å². The highest BCUT2D eigenvalue weighted by Gasteiger charge is 2.39. The Morgan fingerprint density at radius 3 is 1.97 bits per heavy atom. The molecule has 11 rings (SSSR count). The van der Waals surface area contributed by atoms with E-state index in [9.17, 15) is 102 Å². The van der Waals surface area contributed by atoms with E-state index in [4.69, 9.17) is 28.8 Å². The molecule has 0 saturated carbocycles. The zero-order valence-corrected chi connectivity index (χ0v) is 75.2. The number of carbonyl (C=O) groups is 16. The number of hydrazone groups is 1. The number of aromatic amines is 3. The summed E-state index contributed by atoms with van der Waals surface area (Å²) in [6.07, 6.45) is -0.860. The molecule has 2 aliphatic heterocycles. The number of H-pyrrole nitrogens is 3. The number of carboxylic acids is 4. The van der Waals surface area contributed by atoms with Gasteiger partial charge in [-0.05, 0) is 152 Å². The zero-order chi connectivity index (χ0) is 96.8. The number of likely N-dealkylation sites (tertiary alicyclic amines) is 1. The number of benzene rings is 5. The van der Waals surface area contributed by atoms with Crippen molar-refractivity contribution in [3.63, 3.8) is 0 Å². The highest BCUT2D eigenvalue weighted by atomic mass is 35.5. The molecule has 8 atom stereocenters. The molecule has 0 spiro atoms. The number of fused-ring (bicyclic) bond motifs is 6. The van der Waals surface area contributed by atoms with Gasteiger partial charge >= 0.3 is 23.9 Å². The number of halogens is 1. The topological polar surface area (TPSA) is 639 Å². The molecule has 5 aromatic carbocycles. The van der Waals surface area contributed by atoms with Crippen molar-refractivity contribution in [3.05, 3.63) is 159 Å². The first kappa shape index (κ1) is 101. The maximum atomic E-state index is 14.1. The van der Waals surface area contributed by atoms with Crippen molar-refractivity contribution in [1.82, 2.24) is 56.2 Å². The quantitative estimate of drug-likeness (QED) is 0.00341. The largest absolute Gasteiger partial charge is 0.481 e. The van der Waals surface area contributed by atoms with E-state index in [-0.39, 0.29) is 158 Å². The van der Waals surface area contributed by atoms with E-state index >= 15 is 0 Å². The summed E-state index contributed by atoms with van der Waals surface area (Å²) in [5, 5.41) is 59.1. The Kier molecular flexibility index (Phi) is 34.9. The smallest absolute Gasteiger partial charge is 0.327 e. The molecule has 0 bridgehead atoms. The number of rotatable bonds is 46. The average Bonchev–Trinajstić information content (AvgIpc) is 1.53. The summed E-state index contributed by atoms with van der Waals surface area (Å²) in [7, 11) is 0. The van der Waals surface area contributed by atoms with Crippen LogP contribution in [-0.4, -0.2) is 217 Å². The lowest BCUT2D eigenvalue weighted by Crippen LogP contribution is -2.48. The molecule has 6 heterocycles. The fourth-order valence-corrected chi connectivity index (χ4v) is 16.3. The molecule has 1 saturated heterocycles. The number of hydrogen-bond acceptors (Lipinski definition) is 25. The molecule has 2 unspecified atom stereocenters. The Morgan fingerprint density at radius 2 is 1.32 bits per heavy atom. The lowest BCUT2D eigenvalue weighted by molar-refractivity contribution is -0.144. The van der Waals surface area contributed by atoms with Crippen molar-refractivity contribution in [2.75, 3.05) is 58.8 Å². The molecular weight excluding hydrogens is 1760 g/mol. The van der Waals surface area contributed by atoms with Gasteiger partial charge in [0, 0.05) is 151 Å².